The van der Waals surface area contributed by atoms with E-state index in [1.165, 1.54) is 5.56 Å². The number of nitrogens with zero attached hydrogens (tertiary/aromatic N) is 2. The molecule has 1 amide bonds. The molecule has 1 aliphatic heterocycles. The van der Waals surface area contributed by atoms with Crippen LogP contribution < -0.4 is 4.74 Å². The van der Waals surface area contributed by atoms with Crippen LogP contribution in [0.15, 0.2) is 85.1 Å². The van der Waals surface area contributed by atoms with Gasteiger partial charge in [-0.05, 0) is 41.5 Å². The Labute approximate surface area is 209 Å². The summed E-state index contributed by atoms with van der Waals surface area (Å²) in [4.78, 5) is 45.0. The van der Waals surface area contributed by atoms with Gasteiger partial charge in [-0.15, -0.1) is 0 Å². The lowest BCUT2D eigenvalue weighted by molar-refractivity contribution is -0.146. The number of hydrogen-bond donors (Lipinski definition) is 1. The maximum absolute atomic E-state index is 12.9. The first-order chi connectivity index (χ1) is 17.6. The number of piperazine rings is 1. The quantitative estimate of drug-likeness (QED) is 0.246. The van der Waals surface area contributed by atoms with Crippen molar-refractivity contribution in [3.63, 3.8) is 0 Å². The smallest absolute Gasteiger partial charge is 0.380 e. The summed E-state index contributed by atoms with van der Waals surface area (Å²) < 4.78 is 5.26. The van der Waals surface area contributed by atoms with E-state index in [2.05, 4.69) is 22.0 Å². The van der Waals surface area contributed by atoms with E-state index < -0.39 is 11.8 Å². The standard InChI is InChI=1S/C29H27N3O4/c33-27(18-23-19-30-26-9-5-4-8-25(23)26)29(35)36-24-12-10-22(11-13-24)28(34)32-16-14-31(15-17-32)20-21-6-2-1-3-7-21/h1-13,19,30H,14-18,20H2. The fourth-order valence-corrected chi connectivity index (χ4v) is 4.49. The number of amides is 1. The van der Waals surface area contributed by atoms with Crippen molar-refractivity contribution in [1.82, 2.24) is 14.8 Å². The first-order valence-electron chi connectivity index (χ1n) is 12.0. The molecule has 1 N–H and O–H groups in total. The van der Waals surface area contributed by atoms with Crippen molar-refractivity contribution >= 4 is 28.6 Å². The third-order valence-electron chi connectivity index (χ3n) is 6.47. The zero-order chi connectivity index (χ0) is 24.9. The Kier molecular flexibility index (Phi) is 6.91. The number of rotatable bonds is 7. The van der Waals surface area contributed by atoms with E-state index in [4.69, 9.17) is 4.74 Å². The molecule has 0 bridgehead atoms. The van der Waals surface area contributed by atoms with Crippen LogP contribution in [0.3, 0.4) is 0 Å². The maximum atomic E-state index is 12.9. The minimum absolute atomic E-state index is 0.0460. The first kappa shape index (κ1) is 23.5. The third-order valence-corrected chi connectivity index (χ3v) is 6.47. The van der Waals surface area contributed by atoms with Crippen molar-refractivity contribution in [1.29, 1.82) is 0 Å². The molecular formula is C29H27N3O4. The number of carbonyl (C=O) groups excluding carboxylic acids is 3. The molecule has 0 aliphatic carbocycles. The van der Waals surface area contributed by atoms with Gasteiger partial charge in [0.25, 0.3) is 5.91 Å². The maximum Gasteiger partial charge on any atom is 0.380 e. The Morgan fingerprint density at radius 3 is 2.25 bits per heavy atom. The van der Waals surface area contributed by atoms with Crippen LogP contribution in [0, 0.1) is 0 Å². The number of esters is 1. The second-order valence-electron chi connectivity index (χ2n) is 8.93. The fraction of sp³-hybridized carbons (Fsp3) is 0.207. The number of ether oxygens (including phenoxy) is 1. The van der Waals surface area contributed by atoms with E-state index in [1.54, 1.807) is 30.5 Å². The average molecular weight is 482 g/mol. The number of nitrogens with one attached hydrogen (secondary N) is 1. The summed E-state index contributed by atoms with van der Waals surface area (Å²) in [6.45, 7) is 3.82. The van der Waals surface area contributed by atoms with Crippen molar-refractivity contribution < 1.29 is 19.1 Å². The van der Waals surface area contributed by atoms with E-state index in [-0.39, 0.29) is 18.1 Å². The molecule has 0 saturated carbocycles. The lowest BCUT2D eigenvalue weighted by Gasteiger charge is -2.34. The average Bonchev–Trinajstić information content (AvgIpc) is 3.32. The van der Waals surface area contributed by atoms with Crippen molar-refractivity contribution in [2.45, 2.75) is 13.0 Å². The Bertz CT molecular complexity index is 1370. The zero-order valence-corrected chi connectivity index (χ0v) is 19.9. The second-order valence-corrected chi connectivity index (χ2v) is 8.93. The van der Waals surface area contributed by atoms with Gasteiger partial charge in [0.1, 0.15) is 5.75 Å². The van der Waals surface area contributed by atoms with E-state index in [0.717, 1.165) is 36.1 Å². The Hall–Kier alpha value is -4.23. The molecule has 36 heavy (non-hydrogen) atoms. The van der Waals surface area contributed by atoms with Crippen LogP contribution in [-0.4, -0.2) is 58.6 Å². The Balaban J connectivity index is 1.13. The van der Waals surface area contributed by atoms with Crippen LogP contribution in [0.5, 0.6) is 5.75 Å². The number of para-hydroxylation sites is 1. The summed E-state index contributed by atoms with van der Waals surface area (Å²) in [5, 5.41) is 0.905. The van der Waals surface area contributed by atoms with Gasteiger partial charge in [-0.2, -0.15) is 0 Å². The molecule has 5 rings (SSSR count). The number of carbonyl (C=O) groups is 3. The van der Waals surface area contributed by atoms with Crippen molar-refractivity contribution in [3.8, 4) is 5.75 Å². The van der Waals surface area contributed by atoms with Gasteiger partial charge in [-0.3, -0.25) is 14.5 Å². The van der Waals surface area contributed by atoms with Gasteiger partial charge < -0.3 is 14.6 Å². The van der Waals surface area contributed by atoms with E-state index >= 15 is 0 Å². The molecule has 7 nitrogen and oxygen atoms in total. The molecule has 7 heteroatoms. The summed E-state index contributed by atoms with van der Waals surface area (Å²) in [5.74, 6) is -1.37. The molecular weight excluding hydrogens is 454 g/mol. The molecule has 0 atom stereocenters. The van der Waals surface area contributed by atoms with Crippen LogP contribution in [-0.2, 0) is 22.6 Å². The highest BCUT2D eigenvalue weighted by Gasteiger charge is 2.23. The zero-order valence-electron chi connectivity index (χ0n) is 19.9. The van der Waals surface area contributed by atoms with Gasteiger partial charge in [-0.1, -0.05) is 48.5 Å². The minimum atomic E-state index is -0.922. The topological polar surface area (TPSA) is 82.7 Å². The highest BCUT2D eigenvalue weighted by atomic mass is 16.5. The lowest BCUT2D eigenvalue weighted by Crippen LogP contribution is -2.48. The number of H-pyrrole nitrogens is 1. The number of fused-ring (bicyclic) bond motifs is 1. The van der Waals surface area contributed by atoms with E-state index in [9.17, 15) is 14.4 Å². The van der Waals surface area contributed by atoms with Gasteiger partial charge in [0.15, 0.2) is 0 Å². The van der Waals surface area contributed by atoms with Crippen molar-refractivity contribution in [2.24, 2.45) is 0 Å². The summed E-state index contributed by atoms with van der Waals surface area (Å²) in [5.41, 5.74) is 3.45. The first-order valence-corrected chi connectivity index (χ1v) is 12.0. The van der Waals surface area contributed by atoms with Crippen molar-refractivity contribution in [3.05, 3.63) is 102 Å². The summed E-state index contributed by atoms with van der Waals surface area (Å²) >= 11 is 0. The third kappa shape index (κ3) is 5.37. The molecule has 182 valence electrons. The van der Waals surface area contributed by atoms with E-state index in [0.29, 0.717) is 18.7 Å². The molecule has 1 saturated heterocycles. The number of ketones is 1. The fourth-order valence-electron chi connectivity index (χ4n) is 4.49. The monoisotopic (exact) mass is 481 g/mol. The van der Waals surface area contributed by atoms with Gasteiger partial charge in [-0.25, -0.2) is 4.79 Å². The summed E-state index contributed by atoms with van der Waals surface area (Å²) in [6.07, 6.45) is 1.69. The molecule has 2 heterocycles. The van der Waals surface area contributed by atoms with Gasteiger partial charge in [0, 0.05) is 61.8 Å². The highest BCUT2D eigenvalue weighted by molar-refractivity contribution is 6.35. The number of hydrogen-bond acceptors (Lipinski definition) is 5. The number of benzene rings is 3. The molecule has 4 aromatic rings. The lowest BCUT2D eigenvalue weighted by atomic mass is 10.1. The number of aromatic amines is 1. The largest absolute Gasteiger partial charge is 0.421 e. The predicted molar refractivity (Wildman–Crippen MR) is 137 cm³/mol. The summed E-state index contributed by atoms with van der Waals surface area (Å²) in [7, 11) is 0. The van der Waals surface area contributed by atoms with Crippen LogP contribution in [0.25, 0.3) is 10.9 Å². The van der Waals surface area contributed by atoms with Gasteiger partial charge >= 0.3 is 5.97 Å². The minimum Gasteiger partial charge on any atom is -0.421 e. The highest BCUT2D eigenvalue weighted by Crippen LogP contribution is 2.20. The van der Waals surface area contributed by atoms with Gasteiger partial charge in [0.2, 0.25) is 5.78 Å². The number of Topliss-reactive ketones (excluding diaryl/α,β-unsaturated/α-hetero) is 1. The molecule has 0 radical (unpaired) electrons. The SMILES string of the molecule is O=C(Cc1c[nH]c2ccccc12)C(=O)Oc1ccc(C(=O)N2CCN(Cc3ccccc3)CC2)cc1. The second kappa shape index (κ2) is 10.6. The summed E-state index contributed by atoms with van der Waals surface area (Å²) in [6, 6.07) is 24.3. The van der Waals surface area contributed by atoms with Crippen LogP contribution in [0.2, 0.25) is 0 Å². The molecule has 0 unspecified atom stereocenters. The molecule has 1 fully saturated rings. The molecule has 1 aliphatic rings. The Morgan fingerprint density at radius 2 is 1.50 bits per heavy atom. The van der Waals surface area contributed by atoms with Crippen LogP contribution in [0.4, 0.5) is 0 Å². The Morgan fingerprint density at radius 1 is 0.806 bits per heavy atom. The molecule has 3 aromatic carbocycles. The molecule has 1 aromatic heterocycles. The van der Waals surface area contributed by atoms with Gasteiger partial charge in [0.05, 0.1) is 0 Å². The number of aromatic nitrogens is 1. The van der Waals surface area contributed by atoms with Crippen LogP contribution in [0.1, 0.15) is 21.5 Å². The van der Waals surface area contributed by atoms with Crippen LogP contribution >= 0.6 is 0 Å². The normalized spacial score (nSPS) is 14.1. The predicted octanol–water partition coefficient (Wildman–Crippen LogP) is 3.84. The molecule has 0 spiro atoms. The van der Waals surface area contributed by atoms with Crippen molar-refractivity contribution in [2.75, 3.05) is 26.2 Å². The van der Waals surface area contributed by atoms with E-state index in [1.807, 2.05) is 47.4 Å².